The highest BCUT2D eigenvalue weighted by atomic mass is 19.4. The molecule has 0 radical (unpaired) electrons. The Hall–Kier alpha value is -1.23. The van der Waals surface area contributed by atoms with E-state index in [1.54, 1.807) is 12.1 Å². The smallest absolute Gasteiger partial charge is 0.378 e. The Morgan fingerprint density at radius 2 is 1.78 bits per heavy atom. The van der Waals surface area contributed by atoms with E-state index in [0.29, 0.717) is 5.56 Å². The molecule has 18 heavy (non-hydrogen) atoms. The van der Waals surface area contributed by atoms with Crippen molar-refractivity contribution in [3.05, 3.63) is 29.8 Å². The first kappa shape index (κ1) is 13.2. The fourth-order valence-electron chi connectivity index (χ4n) is 2.22. The van der Waals surface area contributed by atoms with Gasteiger partial charge in [-0.2, -0.15) is 13.2 Å². The number of hydrogen-bond donors (Lipinski definition) is 0. The highest BCUT2D eigenvalue weighted by Gasteiger charge is 2.48. The third-order valence-corrected chi connectivity index (χ3v) is 3.25. The van der Waals surface area contributed by atoms with Gasteiger partial charge in [0.15, 0.2) is 0 Å². The second-order valence-electron chi connectivity index (χ2n) is 4.71. The highest BCUT2D eigenvalue weighted by Crippen LogP contribution is 2.44. The van der Waals surface area contributed by atoms with Gasteiger partial charge >= 0.3 is 6.18 Å². The zero-order valence-corrected chi connectivity index (χ0v) is 10.4. The van der Waals surface area contributed by atoms with Crippen LogP contribution in [-0.4, -0.2) is 26.9 Å². The number of halogens is 3. The van der Waals surface area contributed by atoms with Crippen LogP contribution in [-0.2, 0) is 4.74 Å². The fourth-order valence-corrected chi connectivity index (χ4v) is 2.22. The molecule has 1 aliphatic rings. The standard InChI is InChI=1S/C13H16F3NO/c1-17(2)10-5-3-9(4-6-10)12-11(7-8-18-12)13(14,15)16/h3-6,11-12H,7-8H2,1-2H3/t11-,12-/m1/s1. The average molecular weight is 259 g/mol. The molecule has 1 aliphatic heterocycles. The molecule has 2 atom stereocenters. The lowest BCUT2D eigenvalue weighted by Crippen LogP contribution is -2.25. The average Bonchev–Trinajstić information content (AvgIpc) is 2.77. The Morgan fingerprint density at radius 1 is 1.17 bits per heavy atom. The van der Waals surface area contributed by atoms with Crippen LogP contribution in [0.4, 0.5) is 18.9 Å². The zero-order chi connectivity index (χ0) is 13.3. The zero-order valence-electron chi connectivity index (χ0n) is 10.4. The van der Waals surface area contributed by atoms with E-state index in [-0.39, 0.29) is 13.0 Å². The van der Waals surface area contributed by atoms with E-state index in [1.807, 2.05) is 31.1 Å². The van der Waals surface area contributed by atoms with Crippen molar-refractivity contribution in [3.63, 3.8) is 0 Å². The van der Waals surface area contributed by atoms with Crippen LogP contribution in [0, 0.1) is 5.92 Å². The molecule has 0 aliphatic carbocycles. The summed E-state index contributed by atoms with van der Waals surface area (Å²) in [6.07, 6.45) is -5.01. The largest absolute Gasteiger partial charge is 0.394 e. The topological polar surface area (TPSA) is 12.5 Å². The molecule has 5 heteroatoms. The second kappa shape index (κ2) is 4.80. The Kier molecular flexibility index (Phi) is 3.52. The third kappa shape index (κ3) is 2.61. The third-order valence-electron chi connectivity index (χ3n) is 3.25. The molecule has 1 heterocycles. The van der Waals surface area contributed by atoms with Gasteiger partial charge in [-0.1, -0.05) is 12.1 Å². The van der Waals surface area contributed by atoms with Crippen LogP contribution in [0.25, 0.3) is 0 Å². The normalized spacial score (nSPS) is 24.3. The maximum atomic E-state index is 12.8. The molecule has 2 nitrogen and oxygen atoms in total. The molecule has 0 amide bonds. The van der Waals surface area contributed by atoms with E-state index in [0.717, 1.165) is 5.69 Å². The van der Waals surface area contributed by atoms with Gasteiger partial charge in [0.05, 0.1) is 12.0 Å². The molecule has 0 unspecified atom stereocenters. The summed E-state index contributed by atoms with van der Waals surface area (Å²) in [5.41, 5.74) is 1.56. The van der Waals surface area contributed by atoms with Gasteiger partial charge in [0.2, 0.25) is 0 Å². The molecule has 1 fully saturated rings. The fraction of sp³-hybridized carbons (Fsp3) is 0.538. The maximum absolute atomic E-state index is 12.8. The first-order valence-corrected chi connectivity index (χ1v) is 5.85. The molecular weight excluding hydrogens is 243 g/mol. The summed E-state index contributed by atoms with van der Waals surface area (Å²) >= 11 is 0. The van der Waals surface area contributed by atoms with Gasteiger partial charge in [0, 0.05) is 26.4 Å². The van der Waals surface area contributed by atoms with Crippen LogP contribution >= 0.6 is 0 Å². The minimum atomic E-state index is -4.19. The quantitative estimate of drug-likeness (QED) is 0.807. The number of ether oxygens (including phenoxy) is 1. The predicted octanol–water partition coefficient (Wildman–Crippen LogP) is 3.39. The van der Waals surface area contributed by atoms with E-state index in [9.17, 15) is 13.2 Å². The molecular formula is C13H16F3NO. The Morgan fingerprint density at radius 3 is 2.28 bits per heavy atom. The molecule has 100 valence electrons. The first-order valence-electron chi connectivity index (χ1n) is 5.85. The summed E-state index contributed by atoms with van der Waals surface area (Å²) in [6.45, 7) is 0.171. The van der Waals surface area contributed by atoms with Crippen molar-refractivity contribution in [2.45, 2.75) is 18.7 Å². The highest BCUT2D eigenvalue weighted by molar-refractivity contribution is 5.46. The SMILES string of the molecule is CN(C)c1ccc([C@H]2OCC[C@H]2C(F)(F)F)cc1. The van der Waals surface area contributed by atoms with Gasteiger partial charge in [0.1, 0.15) is 0 Å². The number of benzene rings is 1. The van der Waals surface area contributed by atoms with Crippen molar-refractivity contribution >= 4 is 5.69 Å². The van der Waals surface area contributed by atoms with E-state index in [2.05, 4.69) is 0 Å². The summed E-state index contributed by atoms with van der Waals surface area (Å²) < 4.78 is 43.7. The number of nitrogens with zero attached hydrogens (tertiary/aromatic N) is 1. The van der Waals surface area contributed by atoms with Gasteiger partial charge in [-0.25, -0.2) is 0 Å². The van der Waals surface area contributed by atoms with Crippen molar-refractivity contribution in [2.24, 2.45) is 5.92 Å². The van der Waals surface area contributed by atoms with Gasteiger partial charge in [0.25, 0.3) is 0 Å². The van der Waals surface area contributed by atoms with E-state index in [1.165, 1.54) is 0 Å². The van der Waals surface area contributed by atoms with Crippen LogP contribution in [0.15, 0.2) is 24.3 Å². The summed E-state index contributed by atoms with van der Waals surface area (Å²) in [5.74, 6) is -1.39. The molecule has 0 bridgehead atoms. The molecule has 0 aromatic heterocycles. The Bertz CT molecular complexity index is 400. The number of alkyl halides is 3. The Balaban J connectivity index is 2.20. The summed E-state index contributed by atoms with van der Waals surface area (Å²) in [5, 5.41) is 0. The molecule has 2 rings (SSSR count). The minimum absolute atomic E-state index is 0.0452. The van der Waals surface area contributed by atoms with Crippen molar-refractivity contribution in [1.29, 1.82) is 0 Å². The van der Waals surface area contributed by atoms with Gasteiger partial charge in [-0.15, -0.1) is 0 Å². The number of anilines is 1. The van der Waals surface area contributed by atoms with Crippen molar-refractivity contribution in [2.75, 3.05) is 25.6 Å². The van der Waals surface area contributed by atoms with E-state index < -0.39 is 18.2 Å². The molecule has 0 spiro atoms. The second-order valence-corrected chi connectivity index (χ2v) is 4.71. The molecule has 0 N–H and O–H groups in total. The summed E-state index contributed by atoms with van der Waals surface area (Å²) in [6, 6.07) is 7.04. The predicted molar refractivity (Wildman–Crippen MR) is 63.6 cm³/mol. The van der Waals surface area contributed by atoms with Crippen LogP contribution in [0.2, 0.25) is 0 Å². The number of rotatable bonds is 2. The lowest BCUT2D eigenvalue weighted by molar-refractivity contribution is -0.187. The minimum Gasteiger partial charge on any atom is -0.378 e. The van der Waals surface area contributed by atoms with Crippen LogP contribution in [0.3, 0.4) is 0 Å². The maximum Gasteiger partial charge on any atom is 0.394 e. The first-order chi connectivity index (χ1) is 8.39. The van der Waals surface area contributed by atoms with Gasteiger partial charge in [-0.05, 0) is 24.1 Å². The Labute approximate surface area is 104 Å². The van der Waals surface area contributed by atoms with Gasteiger partial charge in [-0.3, -0.25) is 0 Å². The van der Waals surface area contributed by atoms with E-state index >= 15 is 0 Å². The van der Waals surface area contributed by atoms with Crippen molar-refractivity contribution in [3.8, 4) is 0 Å². The van der Waals surface area contributed by atoms with Crippen molar-refractivity contribution in [1.82, 2.24) is 0 Å². The van der Waals surface area contributed by atoms with Crippen molar-refractivity contribution < 1.29 is 17.9 Å². The van der Waals surface area contributed by atoms with Gasteiger partial charge < -0.3 is 9.64 Å². The molecule has 1 aromatic rings. The number of hydrogen-bond acceptors (Lipinski definition) is 2. The molecule has 1 aromatic carbocycles. The van der Waals surface area contributed by atoms with Crippen LogP contribution in [0.1, 0.15) is 18.1 Å². The summed E-state index contributed by atoms with van der Waals surface area (Å²) in [4.78, 5) is 1.90. The molecule has 0 saturated carbocycles. The monoisotopic (exact) mass is 259 g/mol. The van der Waals surface area contributed by atoms with Crippen LogP contribution < -0.4 is 4.90 Å². The molecule has 1 saturated heterocycles. The van der Waals surface area contributed by atoms with E-state index in [4.69, 9.17) is 4.74 Å². The van der Waals surface area contributed by atoms with Crippen LogP contribution in [0.5, 0.6) is 0 Å². The lowest BCUT2D eigenvalue weighted by atomic mass is 9.94. The lowest BCUT2D eigenvalue weighted by Gasteiger charge is -2.22. The summed E-state index contributed by atoms with van der Waals surface area (Å²) in [7, 11) is 3.78.